The number of nitrogens with zero attached hydrogens (tertiary/aromatic N) is 1. The number of para-hydroxylation sites is 2. The zero-order chi connectivity index (χ0) is 26.8. The van der Waals surface area contributed by atoms with Crippen LogP contribution in [-0.2, 0) is 4.79 Å². The van der Waals surface area contributed by atoms with Crippen LogP contribution in [-0.4, -0.2) is 17.3 Å². The lowest BCUT2D eigenvalue weighted by Gasteiger charge is -2.38. The molecule has 0 amide bonds. The predicted molar refractivity (Wildman–Crippen MR) is 145 cm³/mol. The largest absolute Gasteiger partial charge is 0.357 e. The predicted octanol–water partition coefficient (Wildman–Crippen LogP) is 6.80. The van der Waals surface area contributed by atoms with Crippen LogP contribution < -0.4 is 10.2 Å². The van der Waals surface area contributed by atoms with Crippen LogP contribution in [0.4, 0.5) is 15.8 Å². The van der Waals surface area contributed by atoms with Gasteiger partial charge < -0.3 is 10.2 Å². The molecule has 0 fully saturated rings. The van der Waals surface area contributed by atoms with Gasteiger partial charge in [-0.15, -0.1) is 0 Å². The molecule has 0 saturated carbocycles. The molecule has 190 valence electrons. The van der Waals surface area contributed by atoms with E-state index in [0.29, 0.717) is 40.8 Å². The number of benzene rings is 3. The van der Waals surface area contributed by atoms with Gasteiger partial charge in [0.25, 0.3) is 0 Å². The Hall–Kier alpha value is -4.32. The number of hydrogen-bond acceptors (Lipinski definition) is 5. The van der Waals surface area contributed by atoms with E-state index >= 15 is 0 Å². The van der Waals surface area contributed by atoms with Gasteiger partial charge in [-0.1, -0.05) is 62.4 Å². The van der Waals surface area contributed by atoms with Crippen LogP contribution in [0.15, 0.2) is 95.3 Å². The zero-order valence-electron chi connectivity index (χ0n) is 21.5. The third-order valence-electron chi connectivity index (χ3n) is 7.68. The normalized spacial score (nSPS) is 20.0. The maximum atomic E-state index is 14.0. The van der Waals surface area contributed by atoms with E-state index in [2.05, 4.69) is 19.2 Å². The lowest BCUT2D eigenvalue weighted by molar-refractivity contribution is -0.118. The Bertz CT molecular complexity index is 1560. The van der Waals surface area contributed by atoms with Gasteiger partial charge in [-0.3, -0.25) is 14.4 Å². The molecule has 1 heterocycles. The van der Waals surface area contributed by atoms with E-state index in [9.17, 15) is 18.8 Å². The summed E-state index contributed by atoms with van der Waals surface area (Å²) in [5.74, 6) is -1.06. The monoisotopic (exact) mass is 506 g/mol. The van der Waals surface area contributed by atoms with Crippen molar-refractivity contribution in [2.45, 2.75) is 39.7 Å². The van der Waals surface area contributed by atoms with Crippen molar-refractivity contribution in [3.05, 3.63) is 118 Å². The van der Waals surface area contributed by atoms with Crippen molar-refractivity contribution >= 4 is 28.7 Å². The van der Waals surface area contributed by atoms with Crippen molar-refractivity contribution in [1.29, 1.82) is 0 Å². The highest BCUT2D eigenvalue weighted by Crippen LogP contribution is 2.50. The molecular weight excluding hydrogens is 479 g/mol. The van der Waals surface area contributed by atoms with Crippen LogP contribution in [0.1, 0.15) is 65.9 Å². The van der Waals surface area contributed by atoms with Crippen LogP contribution in [0.2, 0.25) is 0 Å². The van der Waals surface area contributed by atoms with E-state index < -0.39 is 6.04 Å². The van der Waals surface area contributed by atoms with E-state index in [0.717, 1.165) is 17.1 Å². The highest BCUT2D eigenvalue weighted by molar-refractivity contribution is 6.40. The number of carbonyl (C=O) groups excluding carboxylic acids is 3. The third kappa shape index (κ3) is 3.71. The van der Waals surface area contributed by atoms with Crippen LogP contribution >= 0.6 is 0 Å². The third-order valence-corrected chi connectivity index (χ3v) is 7.68. The number of halogens is 1. The molecule has 0 saturated heterocycles. The smallest absolute Gasteiger partial charge is 0.199 e. The molecule has 0 spiro atoms. The number of carbonyl (C=O) groups is 3. The van der Waals surface area contributed by atoms with Gasteiger partial charge in [0, 0.05) is 34.5 Å². The number of fused-ring (bicyclic) bond motifs is 2. The van der Waals surface area contributed by atoms with Crippen LogP contribution in [0.25, 0.3) is 0 Å². The topological polar surface area (TPSA) is 66.5 Å². The molecule has 1 atom stereocenters. The molecule has 1 N–H and O–H groups in total. The van der Waals surface area contributed by atoms with Gasteiger partial charge in [-0.2, -0.15) is 0 Å². The minimum atomic E-state index is -0.665. The molecular formula is C32H27FN2O3. The van der Waals surface area contributed by atoms with Gasteiger partial charge in [-0.25, -0.2) is 4.39 Å². The lowest BCUT2D eigenvalue weighted by atomic mass is 9.73. The van der Waals surface area contributed by atoms with Crippen molar-refractivity contribution in [3.63, 3.8) is 0 Å². The molecule has 0 aromatic heterocycles. The molecule has 0 unspecified atom stereocenters. The molecule has 0 radical (unpaired) electrons. The second kappa shape index (κ2) is 8.62. The van der Waals surface area contributed by atoms with E-state index in [1.165, 1.54) is 12.1 Å². The summed E-state index contributed by atoms with van der Waals surface area (Å²) in [4.78, 5) is 42.9. The second-order valence-corrected chi connectivity index (χ2v) is 11.0. The molecule has 2 aliphatic carbocycles. The fraction of sp³-hybridized carbons (Fsp3) is 0.219. The number of anilines is 2. The zero-order valence-corrected chi connectivity index (χ0v) is 21.5. The van der Waals surface area contributed by atoms with Crippen molar-refractivity contribution in [1.82, 2.24) is 0 Å². The van der Waals surface area contributed by atoms with Crippen molar-refractivity contribution in [2.24, 2.45) is 5.41 Å². The minimum absolute atomic E-state index is 0.0129. The van der Waals surface area contributed by atoms with E-state index in [1.54, 1.807) is 43.3 Å². The number of rotatable bonds is 2. The Balaban J connectivity index is 1.65. The second-order valence-electron chi connectivity index (χ2n) is 11.0. The Morgan fingerprint density at radius 1 is 0.868 bits per heavy atom. The summed E-state index contributed by atoms with van der Waals surface area (Å²) in [7, 11) is 0. The van der Waals surface area contributed by atoms with Crippen LogP contribution in [0.5, 0.6) is 0 Å². The first kappa shape index (κ1) is 24.0. The van der Waals surface area contributed by atoms with Gasteiger partial charge in [0.15, 0.2) is 17.3 Å². The first-order chi connectivity index (χ1) is 18.2. The van der Waals surface area contributed by atoms with Gasteiger partial charge in [-0.05, 0) is 48.6 Å². The maximum absolute atomic E-state index is 14.0. The summed E-state index contributed by atoms with van der Waals surface area (Å²) in [6.45, 7) is 5.89. The first-order valence-corrected chi connectivity index (χ1v) is 12.7. The average Bonchev–Trinajstić information content (AvgIpc) is 3.04. The summed E-state index contributed by atoms with van der Waals surface area (Å²) in [5.41, 5.74) is 4.61. The van der Waals surface area contributed by atoms with E-state index in [4.69, 9.17) is 0 Å². The molecule has 6 rings (SSSR count). The standard InChI is InChI=1S/C32H27FN2O3/c1-18(27-30(37)21-8-4-5-9-22(21)31(27)38)35-25-11-7-6-10-23(25)34-24-16-32(2,3)17-26(36)28(24)29(35)19-12-14-20(33)15-13-19/h4-15,29,34H,16-17H2,1-3H3/t29-/m0/s1. The van der Waals surface area contributed by atoms with Gasteiger partial charge in [0.2, 0.25) is 0 Å². The average molecular weight is 507 g/mol. The van der Waals surface area contributed by atoms with Crippen LogP contribution in [0, 0.1) is 11.2 Å². The summed E-state index contributed by atoms with van der Waals surface area (Å²) in [5, 5.41) is 3.52. The summed E-state index contributed by atoms with van der Waals surface area (Å²) in [6.07, 6.45) is 1.00. The fourth-order valence-electron chi connectivity index (χ4n) is 6.02. The fourth-order valence-corrected chi connectivity index (χ4v) is 6.02. The number of allylic oxidation sites excluding steroid dienone is 3. The van der Waals surface area contributed by atoms with Gasteiger partial charge >= 0.3 is 0 Å². The molecule has 3 aliphatic rings. The molecule has 38 heavy (non-hydrogen) atoms. The maximum Gasteiger partial charge on any atom is 0.199 e. The van der Waals surface area contributed by atoms with E-state index in [-0.39, 0.29) is 34.2 Å². The molecule has 3 aromatic rings. The highest BCUT2D eigenvalue weighted by Gasteiger charge is 2.44. The number of Topliss-reactive ketones (excluding diaryl/α,β-unsaturated/α-hetero) is 3. The lowest BCUT2D eigenvalue weighted by Crippen LogP contribution is -2.36. The van der Waals surface area contributed by atoms with Crippen molar-refractivity contribution in [2.75, 3.05) is 10.2 Å². The number of hydrogen-bond donors (Lipinski definition) is 1. The number of nitrogens with one attached hydrogen (secondary N) is 1. The molecule has 0 bridgehead atoms. The Kier molecular flexibility index (Phi) is 5.45. The minimum Gasteiger partial charge on any atom is -0.357 e. The highest BCUT2D eigenvalue weighted by atomic mass is 19.1. The van der Waals surface area contributed by atoms with Gasteiger partial charge in [0.1, 0.15) is 5.82 Å². The number of ketones is 3. The molecule has 1 aliphatic heterocycles. The van der Waals surface area contributed by atoms with Crippen LogP contribution in [0.3, 0.4) is 0 Å². The quantitative estimate of drug-likeness (QED) is 0.306. The molecule has 3 aromatic carbocycles. The summed E-state index contributed by atoms with van der Waals surface area (Å²) >= 11 is 0. The SMILES string of the molecule is CC(=C1C(=O)c2ccccc2C1=O)N1c2ccccc2NC2=C(C(=O)CC(C)(C)C2)[C@@H]1c1ccc(F)cc1. The Labute approximate surface area is 220 Å². The summed E-state index contributed by atoms with van der Waals surface area (Å²) < 4.78 is 14.0. The molecule has 6 heteroatoms. The Morgan fingerprint density at radius 3 is 2.13 bits per heavy atom. The Morgan fingerprint density at radius 2 is 1.47 bits per heavy atom. The first-order valence-electron chi connectivity index (χ1n) is 12.7. The van der Waals surface area contributed by atoms with E-state index in [1.807, 2.05) is 29.2 Å². The van der Waals surface area contributed by atoms with Crippen molar-refractivity contribution in [3.8, 4) is 0 Å². The molecule has 5 nitrogen and oxygen atoms in total. The van der Waals surface area contributed by atoms with Gasteiger partial charge in [0.05, 0.1) is 23.0 Å². The van der Waals surface area contributed by atoms with Crippen molar-refractivity contribution < 1.29 is 18.8 Å². The summed E-state index contributed by atoms with van der Waals surface area (Å²) in [6, 6.07) is 19.9.